The molecule has 1 aromatic rings. The minimum Gasteiger partial charge on any atom is -0.313 e. The molecule has 2 unspecified atom stereocenters. The highest BCUT2D eigenvalue weighted by molar-refractivity contribution is 5.23. The van der Waals surface area contributed by atoms with Gasteiger partial charge in [-0.3, -0.25) is 4.90 Å². The molecule has 0 amide bonds. The van der Waals surface area contributed by atoms with E-state index in [4.69, 9.17) is 0 Å². The van der Waals surface area contributed by atoms with Gasteiger partial charge in [0.05, 0.1) is 0 Å². The summed E-state index contributed by atoms with van der Waals surface area (Å²) >= 11 is 0. The Morgan fingerprint density at radius 2 is 2.05 bits per heavy atom. The molecule has 1 fully saturated rings. The van der Waals surface area contributed by atoms with Crippen LogP contribution in [-0.4, -0.2) is 24.0 Å². The van der Waals surface area contributed by atoms with Crippen LogP contribution in [0.3, 0.4) is 0 Å². The van der Waals surface area contributed by atoms with Crippen molar-refractivity contribution < 1.29 is 0 Å². The Bertz CT molecular complexity index is 389. The van der Waals surface area contributed by atoms with E-state index in [1.807, 2.05) is 0 Å². The molecule has 0 bridgehead atoms. The maximum atomic E-state index is 3.47. The molecule has 1 aliphatic rings. The summed E-state index contributed by atoms with van der Waals surface area (Å²) in [5.74, 6) is 0.851. The molecule has 0 spiro atoms. The molecule has 106 valence electrons. The van der Waals surface area contributed by atoms with Gasteiger partial charge in [0, 0.05) is 25.7 Å². The van der Waals surface area contributed by atoms with Gasteiger partial charge in [-0.1, -0.05) is 38.1 Å². The van der Waals surface area contributed by atoms with E-state index < -0.39 is 0 Å². The van der Waals surface area contributed by atoms with Crippen molar-refractivity contribution in [3.63, 3.8) is 0 Å². The van der Waals surface area contributed by atoms with Crippen LogP contribution in [0.1, 0.15) is 44.7 Å². The van der Waals surface area contributed by atoms with Crippen molar-refractivity contribution >= 4 is 0 Å². The van der Waals surface area contributed by atoms with Gasteiger partial charge in [-0.2, -0.15) is 0 Å². The van der Waals surface area contributed by atoms with E-state index >= 15 is 0 Å². The summed E-state index contributed by atoms with van der Waals surface area (Å²) in [6.45, 7) is 11.4. The fraction of sp³-hybridized carbons (Fsp3) is 0.647. The molecule has 0 saturated carbocycles. The van der Waals surface area contributed by atoms with Gasteiger partial charge in [0.25, 0.3) is 0 Å². The van der Waals surface area contributed by atoms with Crippen LogP contribution in [0.15, 0.2) is 24.3 Å². The molecular weight excluding hydrogens is 232 g/mol. The third-order valence-corrected chi connectivity index (χ3v) is 4.05. The molecule has 0 radical (unpaired) electrons. The van der Waals surface area contributed by atoms with Crippen molar-refractivity contribution in [2.45, 2.75) is 52.7 Å². The molecule has 2 rings (SSSR count). The quantitative estimate of drug-likeness (QED) is 0.789. The summed E-state index contributed by atoms with van der Waals surface area (Å²) in [6, 6.07) is 9.78. The van der Waals surface area contributed by atoms with Gasteiger partial charge in [-0.25, -0.2) is 0 Å². The van der Waals surface area contributed by atoms with Gasteiger partial charge in [0.1, 0.15) is 0 Å². The molecular formula is C17H28N2. The number of hydrogen-bond donors (Lipinski definition) is 1. The average Bonchev–Trinajstić information content (AvgIpc) is 2.69. The second-order valence-corrected chi connectivity index (χ2v) is 6.12. The SMILES string of the molecule is CCCNCc1cccc(CN2CC(C)CC2C)c1. The van der Waals surface area contributed by atoms with Crippen LogP contribution in [0.2, 0.25) is 0 Å². The zero-order valence-electron chi connectivity index (χ0n) is 12.7. The second kappa shape index (κ2) is 7.06. The Balaban J connectivity index is 1.91. The summed E-state index contributed by atoms with van der Waals surface area (Å²) in [6.07, 6.45) is 2.54. The number of rotatable bonds is 6. The topological polar surface area (TPSA) is 15.3 Å². The lowest BCUT2D eigenvalue weighted by molar-refractivity contribution is 0.256. The van der Waals surface area contributed by atoms with E-state index in [2.05, 4.69) is 55.3 Å². The highest BCUT2D eigenvalue weighted by atomic mass is 15.2. The molecule has 1 saturated heterocycles. The van der Waals surface area contributed by atoms with E-state index in [0.717, 1.165) is 31.6 Å². The molecule has 0 aliphatic carbocycles. The molecule has 1 aromatic carbocycles. The van der Waals surface area contributed by atoms with Crippen molar-refractivity contribution in [3.8, 4) is 0 Å². The molecule has 0 aromatic heterocycles. The lowest BCUT2D eigenvalue weighted by atomic mass is 10.1. The molecule has 19 heavy (non-hydrogen) atoms. The first-order valence-electron chi connectivity index (χ1n) is 7.71. The van der Waals surface area contributed by atoms with Gasteiger partial charge in [-0.15, -0.1) is 0 Å². The predicted molar refractivity (Wildman–Crippen MR) is 82.1 cm³/mol. The number of likely N-dealkylation sites (tertiary alicyclic amines) is 1. The highest BCUT2D eigenvalue weighted by Gasteiger charge is 2.25. The second-order valence-electron chi connectivity index (χ2n) is 6.12. The largest absolute Gasteiger partial charge is 0.313 e. The maximum Gasteiger partial charge on any atom is 0.0236 e. The minimum absolute atomic E-state index is 0.733. The van der Waals surface area contributed by atoms with Crippen LogP contribution in [0.25, 0.3) is 0 Å². The van der Waals surface area contributed by atoms with Crippen LogP contribution < -0.4 is 5.32 Å². The van der Waals surface area contributed by atoms with Crippen LogP contribution >= 0.6 is 0 Å². The third kappa shape index (κ3) is 4.32. The highest BCUT2D eigenvalue weighted by Crippen LogP contribution is 2.24. The number of nitrogens with one attached hydrogen (secondary N) is 1. The van der Waals surface area contributed by atoms with Crippen molar-refractivity contribution in [2.75, 3.05) is 13.1 Å². The zero-order valence-corrected chi connectivity index (χ0v) is 12.7. The Kier molecular flexibility index (Phi) is 5.41. The smallest absolute Gasteiger partial charge is 0.0236 e. The third-order valence-electron chi connectivity index (χ3n) is 4.05. The van der Waals surface area contributed by atoms with Crippen molar-refractivity contribution in [2.24, 2.45) is 5.92 Å². The minimum atomic E-state index is 0.733. The van der Waals surface area contributed by atoms with Crippen molar-refractivity contribution in [3.05, 3.63) is 35.4 Å². The predicted octanol–water partition coefficient (Wildman–Crippen LogP) is 3.42. The Morgan fingerprint density at radius 1 is 1.26 bits per heavy atom. The van der Waals surface area contributed by atoms with Crippen LogP contribution in [0.5, 0.6) is 0 Å². The summed E-state index contributed by atoms with van der Waals surface area (Å²) in [5.41, 5.74) is 2.86. The standard InChI is InChI=1S/C17H28N2/c1-4-8-18-11-16-6-5-7-17(10-16)13-19-12-14(2)9-15(19)3/h5-7,10,14-15,18H,4,8-9,11-13H2,1-3H3. The van der Waals surface area contributed by atoms with E-state index in [1.165, 1.54) is 30.5 Å². The Morgan fingerprint density at radius 3 is 2.74 bits per heavy atom. The Hall–Kier alpha value is -0.860. The molecule has 1 aliphatic heterocycles. The van der Waals surface area contributed by atoms with Gasteiger partial charge in [0.2, 0.25) is 0 Å². The summed E-state index contributed by atoms with van der Waals surface area (Å²) in [4.78, 5) is 2.61. The van der Waals surface area contributed by atoms with Gasteiger partial charge in [-0.05, 0) is 43.4 Å². The molecule has 2 nitrogen and oxygen atoms in total. The molecule has 2 atom stereocenters. The Labute approximate surface area is 118 Å². The van der Waals surface area contributed by atoms with Gasteiger partial charge in [0.15, 0.2) is 0 Å². The van der Waals surface area contributed by atoms with E-state index in [9.17, 15) is 0 Å². The van der Waals surface area contributed by atoms with Gasteiger partial charge >= 0.3 is 0 Å². The first kappa shape index (κ1) is 14.5. The first-order valence-corrected chi connectivity index (χ1v) is 7.71. The summed E-state index contributed by atoms with van der Waals surface area (Å²) in [5, 5.41) is 3.47. The van der Waals surface area contributed by atoms with Crippen LogP contribution in [0, 0.1) is 5.92 Å². The molecule has 1 heterocycles. The van der Waals surface area contributed by atoms with Crippen LogP contribution in [0.4, 0.5) is 0 Å². The first-order chi connectivity index (χ1) is 9.19. The fourth-order valence-corrected chi connectivity index (χ4v) is 3.09. The summed E-state index contributed by atoms with van der Waals surface area (Å²) < 4.78 is 0. The molecule has 2 heteroatoms. The number of nitrogens with zero attached hydrogens (tertiary/aromatic N) is 1. The lowest BCUT2D eigenvalue weighted by Gasteiger charge is -2.21. The zero-order chi connectivity index (χ0) is 13.7. The van der Waals surface area contributed by atoms with Crippen molar-refractivity contribution in [1.82, 2.24) is 10.2 Å². The lowest BCUT2D eigenvalue weighted by Crippen LogP contribution is -2.26. The molecule has 1 N–H and O–H groups in total. The normalized spacial score (nSPS) is 23.9. The van der Waals surface area contributed by atoms with Gasteiger partial charge < -0.3 is 5.32 Å². The number of benzene rings is 1. The maximum absolute atomic E-state index is 3.47. The van der Waals surface area contributed by atoms with Crippen molar-refractivity contribution in [1.29, 1.82) is 0 Å². The average molecular weight is 260 g/mol. The van der Waals surface area contributed by atoms with E-state index in [0.29, 0.717) is 0 Å². The van der Waals surface area contributed by atoms with E-state index in [-0.39, 0.29) is 0 Å². The van der Waals surface area contributed by atoms with Crippen LogP contribution in [-0.2, 0) is 13.1 Å². The number of hydrogen-bond acceptors (Lipinski definition) is 2. The van der Waals surface area contributed by atoms with E-state index in [1.54, 1.807) is 0 Å². The monoisotopic (exact) mass is 260 g/mol. The summed E-state index contributed by atoms with van der Waals surface area (Å²) in [7, 11) is 0. The fourth-order valence-electron chi connectivity index (χ4n) is 3.09.